The average Bonchev–Trinajstić information content (AvgIpc) is 3.38. The van der Waals surface area contributed by atoms with Crippen LogP contribution in [0.1, 0.15) is 46.8 Å². The molecule has 0 saturated carbocycles. The van der Waals surface area contributed by atoms with Gasteiger partial charge in [-0.3, -0.25) is 9.69 Å². The first-order chi connectivity index (χ1) is 15.6. The molecule has 2 aromatic carbocycles. The SMILES string of the molecule is CNC(=O)c1sc2ccccc2c1C1CN(Cc2cn(C(C)C)c3ccccc23)CCO1. The summed E-state index contributed by atoms with van der Waals surface area (Å²) in [5.41, 5.74) is 3.66. The molecular formula is C26H29N3O2S. The summed E-state index contributed by atoms with van der Waals surface area (Å²) in [6, 6.07) is 17.3. The Kier molecular flexibility index (Phi) is 5.76. The number of rotatable bonds is 5. The van der Waals surface area contributed by atoms with E-state index in [1.807, 2.05) is 12.1 Å². The van der Waals surface area contributed by atoms with Gasteiger partial charge in [0.05, 0.1) is 17.6 Å². The first-order valence-corrected chi connectivity index (χ1v) is 12.0. The monoisotopic (exact) mass is 447 g/mol. The minimum Gasteiger partial charge on any atom is -0.371 e. The molecule has 166 valence electrons. The zero-order valence-corrected chi connectivity index (χ0v) is 19.6. The molecule has 32 heavy (non-hydrogen) atoms. The molecule has 0 spiro atoms. The van der Waals surface area contributed by atoms with E-state index in [2.05, 4.69) is 71.2 Å². The van der Waals surface area contributed by atoms with Crippen molar-refractivity contribution in [1.29, 1.82) is 0 Å². The molecular weight excluding hydrogens is 418 g/mol. The van der Waals surface area contributed by atoms with Crippen LogP contribution in [0, 0.1) is 0 Å². The van der Waals surface area contributed by atoms with E-state index >= 15 is 0 Å². The largest absolute Gasteiger partial charge is 0.371 e. The van der Waals surface area contributed by atoms with Crippen LogP contribution in [0.4, 0.5) is 0 Å². The van der Waals surface area contributed by atoms with Gasteiger partial charge in [-0.05, 0) is 36.9 Å². The summed E-state index contributed by atoms with van der Waals surface area (Å²) in [6.07, 6.45) is 2.18. The Balaban J connectivity index is 1.47. The van der Waals surface area contributed by atoms with Crippen LogP contribution in [-0.4, -0.2) is 42.1 Å². The Labute approximate surface area is 192 Å². The van der Waals surface area contributed by atoms with Crippen molar-refractivity contribution in [2.45, 2.75) is 32.5 Å². The Morgan fingerprint density at radius 1 is 1.16 bits per heavy atom. The van der Waals surface area contributed by atoms with Crippen molar-refractivity contribution in [2.75, 3.05) is 26.7 Å². The molecule has 1 aliphatic rings. The number of benzene rings is 2. The van der Waals surface area contributed by atoms with Crippen LogP contribution in [0.5, 0.6) is 0 Å². The minimum atomic E-state index is -0.120. The van der Waals surface area contributed by atoms with E-state index in [0.717, 1.165) is 40.2 Å². The number of thiophene rings is 1. The second-order valence-corrected chi connectivity index (χ2v) is 9.74. The zero-order chi connectivity index (χ0) is 22.2. The van der Waals surface area contributed by atoms with Crippen LogP contribution < -0.4 is 5.32 Å². The highest BCUT2D eigenvalue weighted by Gasteiger charge is 2.30. The summed E-state index contributed by atoms with van der Waals surface area (Å²) in [5.74, 6) is -0.0399. The standard InChI is InChI=1S/C26H29N3O2S/c1-17(2)29-15-18(19-8-4-6-10-21(19)29)14-28-12-13-31-22(16-28)24-20-9-5-7-11-23(20)32-25(24)26(30)27-3/h4-11,15,17,22H,12-14,16H2,1-3H3,(H,27,30). The zero-order valence-electron chi connectivity index (χ0n) is 18.8. The van der Waals surface area contributed by atoms with Gasteiger partial charge < -0.3 is 14.6 Å². The van der Waals surface area contributed by atoms with E-state index in [4.69, 9.17) is 4.74 Å². The van der Waals surface area contributed by atoms with Crippen molar-refractivity contribution >= 4 is 38.2 Å². The van der Waals surface area contributed by atoms with Crippen LogP contribution in [-0.2, 0) is 11.3 Å². The van der Waals surface area contributed by atoms with Gasteiger partial charge >= 0.3 is 0 Å². The number of amides is 1. The molecule has 1 saturated heterocycles. The molecule has 5 nitrogen and oxygen atoms in total. The van der Waals surface area contributed by atoms with E-state index in [1.54, 1.807) is 18.4 Å². The van der Waals surface area contributed by atoms with Crippen molar-refractivity contribution < 1.29 is 9.53 Å². The molecule has 1 fully saturated rings. The van der Waals surface area contributed by atoms with Gasteiger partial charge in [0.15, 0.2) is 0 Å². The van der Waals surface area contributed by atoms with Gasteiger partial charge in [0, 0.05) is 60.1 Å². The number of nitrogens with one attached hydrogen (secondary N) is 1. The number of nitrogens with zero attached hydrogens (tertiary/aromatic N) is 2. The number of fused-ring (bicyclic) bond motifs is 2. The topological polar surface area (TPSA) is 46.5 Å². The van der Waals surface area contributed by atoms with Gasteiger partial charge in [-0.1, -0.05) is 36.4 Å². The first-order valence-electron chi connectivity index (χ1n) is 11.2. The lowest BCUT2D eigenvalue weighted by Gasteiger charge is -2.33. The smallest absolute Gasteiger partial charge is 0.261 e. The van der Waals surface area contributed by atoms with Gasteiger partial charge in [0.2, 0.25) is 0 Å². The second-order valence-electron chi connectivity index (χ2n) is 8.69. The van der Waals surface area contributed by atoms with Crippen LogP contribution in [0.25, 0.3) is 21.0 Å². The summed E-state index contributed by atoms with van der Waals surface area (Å²) in [5, 5.41) is 5.25. The Bertz CT molecular complexity index is 1270. The van der Waals surface area contributed by atoms with Gasteiger partial charge in [-0.25, -0.2) is 0 Å². The highest BCUT2D eigenvalue weighted by atomic mass is 32.1. The highest BCUT2D eigenvalue weighted by Crippen LogP contribution is 2.38. The van der Waals surface area contributed by atoms with Crippen LogP contribution in [0.3, 0.4) is 0 Å². The number of morpholine rings is 1. The lowest BCUT2D eigenvalue weighted by molar-refractivity contribution is -0.0322. The van der Waals surface area contributed by atoms with Crippen molar-refractivity contribution in [2.24, 2.45) is 0 Å². The van der Waals surface area contributed by atoms with E-state index in [9.17, 15) is 4.79 Å². The van der Waals surface area contributed by atoms with Gasteiger partial charge in [-0.15, -0.1) is 11.3 Å². The average molecular weight is 448 g/mol. The van der Waals surface area contributed by atoms with E-state index in [1.165, 1.54) is 16.5 Å². The number of para-hydroxylation sites is 1. The maximum Gasteiger partial charge on any atom is 0.261 e. The summed E-state index contributed by atoms with van der Waals surface area (Å²) in [4.78, 5) is 15.9. The number of carbonyl (C=O) groups is 1. The molecule has 0 radical (unpaired) electrons. The van der Waals surface area contributed by atoms with Crippen molar-refractivity contribution in [1.82, 2.24) is 14.8 Å². The Morgan fingerprint density at radius 2 is 1.91 bits per heavy atom. The van der Waals surface area contributed by atoms with E-state index in [-0.39, 0.29) is 12.0 Å². The van der Waals surface area contributed by atoms with Crippen LogP contribution in [0.15, 0.2) is 54.7 Å². The number of hydrogen-bond acceptors (Lipinski definition) is 4. The third-order valence-corrected chi connectivity index (χ3v) is 7.50. The van der Waals surface area contributed by atoms with Crippen molar-refractivity contribution in [3.8, 4) is 0 Å². The third kappa shape index (κ3) is 3.72. The summed E-state index contributed by atoms with van der Waals surface area (Å²) in [6.45, 7) is 7.63. The molecule has 0 aliphatic carbocycles. The maximum atomic E-state index is 12.7. The number of aromatic nitrogens is 1. The van der Waals surface area contributed by atoms with Gasteiger partial charge in [-0.2, -0.15) is 0 Å². The fourth-order valence-corrected chi connectivity index (χ4v) is 5.96. The van der Waals surface area contributed by atoms with Gasteiger partial charge in [0.1, 0.15) is 0 Å². The summed E-state index contributed by atoms with van der Waals surface area (Å²) >= 11 is 1.55. The predicted molar refractivity (Wildman–Crippen MR) is 132 cm³/mol. The van der Waals surface area contributed by atoms with Crippen LogP contribution >= 0.6 is 11.3 Å². The van der Waals surface area contributed by atoms with Crippen molar-refractivity contribution in [3.05, 3.63) is 70.7 Å². The Hall–Kier alpha value is -2.67. The Morgan fingerprint density at radius 3 is 2.69 bits per heavy atom. The number of ether oxygens (including phenoxy) is 1. The predicted octanol–water partition coefficient (Wildman–Crippen LogP) is 5.37. The van der Waals surface area contributed by atoms with Crippen molar-refractivity contribution in [3.63, 3.8) is 0 Å². The fourth-order valence-electron chi connectivity index (χ4n) is 4.76. The number of hydrogen-bond donors (Lipinski definition) is 1. The fraction of sp³-hybridized carbons (Fsp3) is 0.346. The van der Waals surface area contributed by atoms with Gasteiger partial charge in [0.25, 0.3) is 5.91 Å². The first kappa shape index (κ1) is 21.2. The molecule has 1 atom stereocenters. The minimum absolute atomic E-state index is 0.0399. The molecule has 0 bridgehead atoms. The summed E-state index contributed by atoms with van der Waals surface area (Å²) < 4.78 is 9.73. The molecule has 6 heteroatoms. The van der Waals surface area contributed by atoms with E-state index < -0.39 is 0 Å². The molecule has 1 amide bonds. The van der Waals surface area contributed by atoms with E-state index in [0.29, 0.717) is 12.6 Å². The maximum absolute atomic E-state index is 12.7. The lowest BCUT2D eigenvalue weighted by atomic mass is 10.0. The van der Waals surface area contributed by atoms with Crippen LogP contribution in [0.2, 0.25) is 0 Å². The molecule has 2 aromatic heterocycles. The second kappa shape index (κ2) is 8.70. The molecule has 1 unspecified atom stereocenters. The third-order valence-electron chi connectivity index (χ3n) is 6.31. The molecule has 4 aromatic rings. The molecule has 5 rings (SSSR count). The quantitative estimate of drug-likeness (QED) is 0.447. The number of carbonyl (C=O) groups excluding carboxylic acids is 1. The molecule has 1 aliphatic heterocycles. The normalized spacial score (nSPS) is 17.4. The molecule has 1 N–H and O–H groups in total. The molecule has 3 heterocycles. The highest BCUT2D eigenvalue weighted by molar-refractivity contribution is 7.21. The lowest BCUT2D eigenvalue weighted by Crippen LogP contribution is -2.38. The summed E-state index contributed by atoms with van der Waals surface area (Å²) in [7, 11) is 1.69.